The number of hydrogen-bond acceptors (Lipinski definition) is 4. The van der Waals surface area contributed by atoms with Crippen molar-refractivity contribution in [1.29, 1.82) is 0 Å². The van der Waals surface area contributed by atoms with Crippen LogP contribution in [-0.4, -0.2) is 38.5 Å². The second-order valence-electron chi connectivity index (χ2n) is 6.18. The fourth-order valence-electron chi connectivity index (χ4n) is 2.98. The first-order chi connectivity index (χ1) is 12.0. The summed E-state index contributed by atoms with van der Waals surface area (Å²) < 4.78 is 28.8. The van der Waals surface area contributed by atoms with Crippen molar-refractivity contribution < 1.29 is 17.9 Å². The van der Waals surface area contributed by atoms with E-state index in [0.717, 1.165) is 11.1 Å². The van der Waals surface area contributed by atoms with Gasteiger partial charge >= 0.3 is 0 Å². The number of carbonyl (C=O) groups is 1. The van der Waals surface area contributed by atoms with Gasteiger partial charge in [0.05, 0.1) is 11.5 Å². The highest BCUT2D eigenvalue weighted by Crippen LogP contribution is 2.25. The van der Waals surface area contributed by atoms with Crippen LogP contribution in [0.1, 0.15) is 23.7 Å². The van der Waals surface area contributed by atoms with Crippen LogP contribution >= 0.6 is 0 Å². The van der Waals surface area contributed by atoms with E-state index in [4.69, 9.17) is 4.74 Å². The zero-order chi connectivity index (χ0) is 17.7. The molecule has 25 heavy (non-hydrogen) atoms. The van der Waals surface area contributed by atoms with Crippen molar-refractivity contribution in [3.8, 4) is 0 Å². The average molecular weight is 359 g/mol. The summed E-state index contributed by atoms with van der Waals surface area (Å²) in [4.78, 5) is 12.1. The Kier molecular flexibility index (Phi) is 5.50. The Morgan fingerprint density at radius 1 is 1.04 bits per heavy atom. The van der Waals surface area contributed by atoms with Crippen LogP contribution in [0.3, 0.4) is 0 Å². The standard InChI is InChI=1S/C19H21NO4S/c21-18(20-17-11-12-25(22,23)14-17)13-24-19(15-7-3-1-4-8-15)16-9-5-2-6-10-16/h1-10,17,19H,11-14H2,(H,20,21)/t17-/m1/s1. The third-order valence-corrected chi connectivity index (χ3v) is 5.95. The number of nitrogens with one attached hydrogen (secondary N) is 1. The van der Waals surface area contributed by atoms with Crippen molar-refractivity contribution >= 4 is 15.7 Å². The molecule has 0 aromatic heterocycles. The lowest BCUT2D eigenvalue weighted by atomic mass is 10.0. The van der Waals surface area contributed by atoms with Crippen molar-refractivity contribution in [2.45, 2.75) is 18.6 Å². The molecule has 0 unspecified atom stereocenters. The molecule has 1 N–H and O–H groups in total. The summed E-state index contributed by atoms with van der Waals surface area (Å²) in [5.74, 6) is -0.145. The van der Waals surface area contributed by atoms with Gasteiger partial charge in [0, 0.05) is 6.04 Å². The van der Waals surface area contributed by atoms with Gasteiger partial charge in [-0.15, -0.1) is 0 Å². The SMILES string of the molecule is O=C(COC(c1ccccc1)c1ccccc1)N[C@@H]1CCS(=O)(=O)C1. The molecule has 1 aliphatic rings. The van der Waals surface area contributed by atoms with Crippen molar-refractivity contribution in [3.05, 3.63) is 71.8 Å². The van der Waals surface area contributed by atoms with E-state index in [1.54, 1.807) is 0 Å². The minimum atomic E-state index is -3.01. The number of amides is 1. The van der Waals surface area contributed by atoms with Gasteiger partial charge in [0.1, 0.15) is 12.7 Å². The molecular formula is C19H21NO4S. The molecule has 5 nitrogen and oxygen atoms in total. The molecular weight excluding hydrogens is 338 g/mol. The molecule has 3 rings (SSSR count). The zero-order valence-electron chi connectivity index (χ0n) is 13.8. The largest absolute Gasteiger partial charge is 0.359 e. The van der Waals surface area contributed by atoms with Gasteiger partial charge in [-0.2, -0.15) is 0 Å². The van der Waals surface area contributed by atoms with E-state index in [1.807, 2.05) is 60.7 Å². The summed E-state index contributed by atoms with van der Waals surface area (Å²) >= 11 is 0. The maximum Gasteiger partial charge on any atom is 0.246 e. The number of sulfone groups is 1. The second-order valence-corrected chi connectivity index (χ2v) is 8.41. The summed E-state index contributed by atoms with van der Waals surface area (Å²) in [6.07, 6.45) is 0.120. The van der Waals surface area contributed by atoms with Crippen molar-refractivity contribution in [3.63, 3.8) is 0 Å². The highest BCUT2D eigenvalue weighted by molar-refractivity contribution is 7.91. The fraction of sp³-hybridized carbons (Fsp3) is 0.316. The van der Waals surface area contributed by atoms with Crippen LogP contribution in [0.15, 0.2) is 60.7 Å². The van der Waals surface area contributed by atoms with Crippen LogP contribution in [0.4, 0.5) is 0 Å². The lowest BCUT2D eigenvalue weighted by molar-refractivity contribution is -0.127. The monoisotopic (exact) mass is 359 g/mol. The smallest absolute Gasteiger partial charge is 0.246 e. The normalized spacial score (nSPS) is 19.0. The molecule has 0 spiro atoms. The van der Waals surface area contributed by atoms with Crippen molar-refractivity contribution in [2.24, 2.45) is 0 Å². The van der Waals surface area contributed by atoms with Crippen LogP contribution in [0.25, 0.3) is 0 Å². The summed E-state index contributed by atoms with van der Waals surface area (Å²) in [6, 6.07) is 19.1. The van der Waals surface area contributed by atoms with Gasteiger partial charge < -0.3 is 10.1 Å². The molecule has 2 aromatic carbocycles. The van der Waals surface area contributed by atoms with Crippen LogP contribution in [0.5, 0.6) is 0 Å². The molecule has 6 heteroatoms. The van der Waals surface area contributed by atoms with Crippen LogP contribution in [0.2, 0.25) is 0 Å². The van der Waals surface area contributed by atoms with Gasteiger partial charge in [-0.05, 0) is 17.5 Å². The van der Waals surface area contributed by atoms with Crippen LogP contribution in [-0.2, 0) is 19.4 Å². The summed E-state index contributed by atoms with van der Waals surface area (Å²) in [6.45, 7) is -0.120. The Morgan fingerprint density at radius 3 is 2.08 bits per heavy atom. The summed E-state index contributed by atoms with van der Waals surface area (Å²) in [7, 11) is -3.01. The van der Waals surface area contributed by atoms with Crippen molar-refractivity contribution in [2.75, 3.05) is 18.1 Å². The summed E-state index contributed by atoms with van der Waals surface area (Å²) in [5.41, 5.74) is 1.93. The number of rotatable bonds is 6. The molecule has 1 aliphatic heterocycles. The highest BCUT2D eigenvalue weighted by atomic mass is 32.2. The van der Waals surface area contributed by atoms with Gasteiger partial charge in [-0.1, -0.05) is 60.7 Å². The van der Waals surface area contributed by atoms with Gasteiger partial charge in [-0.25, -0.2) is 8.42 Å². The molecule has 0 radical (unpaired) electrons. The molecule has 1 heterocycles. The van der Waals surface area contributed by atoms with E-state index < -0.39 is 9.84 Å². The molecule has 0 aliphatic carbocycles. The number of hydrogen-bond donors (Lipinski definition) is 1. The lowest BCUT2D eigenvalue weighted by Gasteiger charge is -2.19. The molecule has 1 amide bonds. The first kappa shape index (κ1) is 17.6. The fourth-order valence-corrected chi connectivity index (χ4v) is 4.65. The Morgan fingerprint density at radius 2 is 1.60 bits per heavy atom. The molecule has 2 aromatic rings. The average Bonchev–Trinajstić information content (AvgIpc) is 2.95. The number of ether oxygens (including phenoxy) is 1. The van der Waals surface area contributed by atoms with E-state index in [9.17, 15) is 13.2 Å². The van der Waals surface area contributed by atoms with E-state index in [-0.39, 0.29) is 36.2 Å². The minimum Gasteiger partial charge on any atom is -0.359 e. The predicted molar refractivity (Wildman–Crippen MR) is 95.9 cm³/mol. The molecule has 0 saturated carbocycles. The van der Waals surface area contributed by atoms with Gasteiger partial charge in [-0.3, -0.25) is 4.79 Å². The Hall–Kier alpha value is -2.18. The Balaban J connectivity index is 1.64. The number of benzene rings is 2. The first-order valence-corrected chi connectivity index (χ1v) is 10.1. The number of carbonyl (C=O) groups excluding carboxylic acids is 1. The maximum absolute atomic E-state index is 12.1. The van der Waals surface area contributed by atoms with Gasteiger partial charge in [0.25, 0.3) is 0 Å². The first-order valence-electron chi connectivity index (χ1n) is 8.25. The molecule has 0 bridgehead atoms. The van der Waals surface area contributed by atoms with Gasteiger partial charge in [0.2, 0.25) is 5.91 Å². The molecule has 1 fully saturated rings. The third-order valence-electron chi connectivity index (χ3n) is 4.18. The Labute approximate surface area is 147 Å². The van der Waals surface area contributed by atoms with E-state index in [0.29, 0.717) is 6.42 Å². The van der Waals surface area contributed by atoms with E-state index in [1.165, 1.54) is 0 Å². The quantitative estimate of drug-likeness (QED) is 0.857. The summed E-state index contributed by atoms with van der Waals surface area (Å²) in [5, 5.41) is 2.75. The van der Waals surface area contributed by atoms with E-state index in [2.05, 4.69) is 5.32 Å². The molecule has 1 saturated heterocycles. The minimum absolute atomic E-state index is 0.0134. The van der Waals surface area contributed by atoms with E-state index >= 15 is 0 Å². The van der Waals surface area contributed by atoms with Crippen LogP contribution in [0, 0.1) is 0 Å². The van der Waals surface area contributed by atoms with Gasteiger partial charge in [0.15, 0.2) is 9.84 Å². The topological polar surface area (TPSA) is 72.5 Å². The zero-order valence-corrected chi connectivity index (χ0v) is 14.6. The molecule has 132 valence electrons. The van der Waals surface area contributed by atoms with Crippen molar-refractivity contribution in [1.82, 2.24) is 5.32 Å². The highest BCUT2D eigenvalue weighted by Gasteiger charge is 2.29. The van der Waals surface area contributed by atoms with Crippen LogP contribution < -0.4 is 5.32 Å². The lowest BCUT2D eigenvalue weighted by Crippen LogP contribution is -2.38. The molecule has 1 atom stereocenters. The maximum atomic E-state index is 12.1. The second kappa shape index (κ2) is 7.80. The predicted octanol–water partition coefficient (Wildman–Crippen LogP) is 2.10. The Bertz CT molecular complexity index is 766. The third kappa shape index (κ3) is 4.90.